The van der Waals surface area contributed by atoms with E-state index in [2.05, 4.69) is 10.1 Å². The van der Waals surface area contributed by atoms with Gasteiger partial charge in [-0.1, -0.05) is 0 Å². The van der Waals surface area contributed by atoms with Crippen LogP contribution in [0.5, 0.6) is 5.75 Å². The molecular formula is C15H20N2O5. The van der Waals surface area contributed by atoms with Gasteiger partial charge in [0.2, 0.25) is 0 Å². The molecule has 2 amide bonds. The molecule has 1 aromatic carbocycles. The first-order valence-electron chi connectivity index (χ1n) is 7.08. The topological polar surface area (TPSA) is 77.1 Å². The number of amides is 2. The van der Waals surface area contributed by atoms with Gasteiger partial charge in [-0.3, -0.25) is 10.1 Å². The Balaban J connectivity index is 1.89. The summed E-state index contributed by atoms with van der Waals surface area (Å²) in [6.45, 7) is 4.03. The number of rotatable bonds is 4. The Kier molecular flexibility index (Phi) is 5.60. The summed E-state index contributed by atoms with van der Waals surface area (Å²) in [4.78, 5) is 25.0. The Bertz CT molecular complexity index is 511. The minimum atomic E-state index is -0.572. The van der Waals surface area contributed by atoms with Gasteiger partial charge in [0.1, 0.15) is 5.75 Å². The van der Waals surface area contributed by atoms with Gasteiger partial charge < -0.3 is 19.1 Å². The number of benzene rings is 1. The van der Waals surface area contributed by atoms with E-state index in [1.807, 2.05) is 0 Å². The lowest BCUT2D eigenvalue weighted by Crippen LogP contribution is -2.46. The maximum Gasteiger partial charge on any atom is 0.411 e. The number of nitrogens with one attached hydrogen (secondary N) is 1. The van der Waals surface area contributed by atoms with Crippen LogP contribution in [-0.2, 0) is 14.3 Å². The number of morpholine rings is 1. The summed E-state index contributed by atoms with van der Waals surface area (Å²) in [7, 11) is 1.30. The van der Waals surface area contributed by atoms with Crippen molar-refractivity contribution in [3.05, 3.63) is 24.3 Å². The lowest BCUT2D eigenvalue weighted by molar-refractivity contribution is -0.142. The third-order valence-electron chi connectivity index (χ3n) is 3.27. The maximum atomic E-state index is 12.2. The standard InChI is InChI=1S/C15H20N2O5/c1-11(14(18)17-7-9-21-10-8-17)22-13-5-3-12(4-6-13)16-15(19)20-2/h3-6,11H,7-10H2,1-2H3,(H,16,19)/t11-/m1/s1. The van der Waals surface area contributed by atoms with Crippen LogP contribution in [0.3, 0.4) is 0 Å². The van der Waals surface area contributed by atoms with Crippen LogP contribution in [0.1, 0.15) is 6.92 Å². The summed E-state index contributed by atoms with van der Waals surface area (Å²) < 4.78 is 15.4. The predicted molar refractivity (Wildman–Crippen MR) is 80.0 cm³/mol. The first-order chi connectivity index (χ1) is 10.6. The van der Waals surface area contributed by atoms with Crippen molar-refractivity contribution < 1.29 is 23.8 Å². The summed E-state index contributed by atoms with van der Waals surface area (Å²) in [5, 5.41) is 2.54. The van der Waals surface area contributed by atoms with Crippen molar-refractivity contribution in [1.29, 1.82) is 0 Å². The Labute approximate surface area is 129 Å². The number of carbonyl (C=O) groups excluding carboxylic acids is 2. The highest BCUT2D eigenvalue weighted by Crippen LogP contribution is 2.18. The summed E-state index contributed by atoms with van der Waals surface area (Å²) in [5.74, 6) is 0.504. The van der Waals surface area contributed by atoms with Gasteiger partial charge in [-0.25, -0.2) is 4.79 Å². The second-order valence-electron chi connectivity index (χ2n) is 4.84. The first kappa shape index (κ1) is 16.1. The van der Waals surface area contributed by atoms with Crippen LogP contribution in [0.15, 0.2) is 24.3 Å². The Morgan fingerprint density at radius 2 is 1.86 bits per heavy atom. The molecule has 1 saturated heterocycles. The molecule has 1 atom stereocenters. The number of carbonyl (C=O) groups is 2. The second-order valence-corrected chi connectivity index (χ2v) is 4.84. The largest absolute Gasteiger partial charge is 0.481 e. The number of hydrogen-bond donors (Lipinski definition) is 1. The van der Waals surface area contributed by atoms with Crippen molar-refractivity contribution in [3.8, 4) is 5.75 Å². The van der Waals surface area contributed by atoms with Crippen LogP contribution in [0, 0.1) is 0 Å². The average Bonchev–Trinajstić information content (AvgIpc) is 2.56. The lowest BCUT2D eigenvalue weighted by Gasteiger charge is -2.29. The molecule has 1 N–H and O–H groups in total. The molecule has 2 rings (SSSR count). The SMILES string of the molecule is COC(=O)Nc1ccc(O[C@H](C)C(=O)N2CCOCC2)cc1. The van der Waals surface area contributed by atoms with E-state index in [0.717, 1.165) is 0 Å². The van der Waals surface area contributed by atoms with E-state index in [-0.39, 0.29) is 5.91 Å². The molecule has 0 bridgehead atoms. The van der Waals surface area contributed by atoms with Crippen molar-refractivity contribution in [2.45, 2.75) is 13.0 Å². The highest BCUT2D eigenvalue weighted by Gasteiger charge is 2.23. The molecule has 120 valence electrons. The van der Waals surface area contributed by atoms with Crippen LogP contribution in [0.2, 0.25) is 0 Å². The fourth-order valence-electron chi connectivity index (χ4n) is 2.08. The second kappa shape index (κ2) is 7.65. The van der Waals surface area contributed by atoms with Crippen molar-refractivity contribution in [2.24, 2.45) is 0 Å². The molecular weight excluding hydrogens is 288 g/mol. The molecule has 1 aromatic rings. The minimum Gasteiger partial charge on any atom is -0.481 e. The Hall–Kier alpha value is -2.28. The zero-order chi connectivity index (χ0) is 15.9. The van der Waals surface area contributed by atoms with Gasteiger partial charge in [0.15, 0.2) is 6.10 Å². The van der Waals surface area contributed by atoms with Crippen LogP contribution >= 0.6 is 0 Å². The average molecular weight is 308 g/mol. The third-order valence-corrected chi connectivity index (χ3v) is 3.27. The zero-order valence-electron chi connectivity index (χ0n) is 12.7. The molecule has 7 heteroatoms. The van der Waals surface area contributed by atoms with Crippen LogP contribution in [0.25, 0.3) is 0 Å². The minimum absolute atomic E-state index is 0.0555. The molecule has 0 saturated carbocycles. The highest BCUT2D eigenvalue weighted by molar-refractivity contribution is 5.84. The number of methoxy groups -OCH3 is 1. The number of hydrogen-bond acceptors (Lipinski definition) is 5. The molecule has 0 radical (unpaired) electrons. The van der Waals surface area contributed by atoms with Gasteiger partial charge in [0.05, 0.1) is 20.3 Å². The van der Waals surface area contributed by atoms with Gasteiger partial charge in [-0.2, -0.15) is 0 Å². The summed E-state index contributed by atoms with van der Waals surface area (Å²) >= 11 is 0. The molecule has 0 aliphatic carbocycles. The van der Waals surface area contributed by atoms with Crippen LogP contribution < -0.4 is 10.1 Å². The van der Waals surface area contributed by atoms with E-state index >= 15 is 0 Å². The van der Waals surface area contributed by atoms with E-state index in [4.69, 9.17) is 9.47 Å². The van der Waals surface area contributed by atoms with Crippen LogP contribution in [-0.4, -0.2) is 56.4 Å². The van der Waals surface area contributed by atoms with Crippen molar-refractivity contribution in [1.82, 2.24) is 4.90 Å². The predicted octanol–water partition coefficient (Wildman–Crippen LogP) is 1.49. The van der Waals surface area contributed by atoms with Crippen molar-refractivity contribution >= 4 is 17.7 Å². The van der Waals surface area contributed by atoms with Gasteiger partial charge in [-0.15, -0.1) is 0 Å². The normalized spacial score (nSPS) is 15.8. The molecule has 0 aromatic heterocycles. The van der Waals surface area contributed by atoms with Gasteiger partial charge in [0, 0.05) is 18.8 Å². The summed E-state index contributed by atoms with van der Waals surface area (Å²) in [6, 6.07) is 6.74. The number of anilines is 1. The van der Waals surface area contributed by atoms with Gasteiger partial charge >= 0.3 is 6.09 Å². The van der Waals surface area contributed by atoms with E-state index < -0.39 is 12.2 Å². The fourth-order valence-corrected chi connectivity index (χ4v) is 2.08. The monoisotopic (exact) mass is 308 g/mol. The fraction of sp³-hybridized carbons (Fsp3) is 0.467. The Morgan fingerprint density at radius 1 is 1.23 bits per heavy atom. The summed E-state index contributed by atoms with van der Waals surface area (Å²) in [6.07, 6.45) is -1.11. The smallest absolute Gasteiger partial charge is 0.411 e. The lowest BCUT2D eigenvalue weighted by atomic mass is 10.2. The molecule has 1 aliphatic rings. The molecule has 1 heterocycles. The summed E-state index contributed by atoms with van der Waals surface area (Å²) in [5.41, 5.74) is 0.589. The van der Waals surface area contributed by atoms with E-state index in [0.29, 0.717) is 37.7 Å². The van der Waals surface area contributed by atoms with Crippen molar-refractivity contribution in [3.63, 3.8) is 0 Å². The molecule has 22 heavy (non-hydrogen) atoms. The maximum absolute atomic E-state index is 12.2. The molecule has 1 aliphatic heterocycles. The molecule has 7 nitrogen and oxygen atoms in total. The molecule has 1 fully saturated rings. The van der Waals surface area contributed by atoms with E-state index in [1.54, 1.807) is 36.1 Å². The van der Waals surface area contributed by atoms with Gasteiger partial charge in [-0.05, 0) is 31.2 Å². The van der Waals surface area contributed by atoms with E-state index in [1.165, 1.54) is 7.11 Å². The van der Waals surface area contributed by atoms with Crippen molar-refractivity contribution in [2.75, 3.05) is 38.7 Å². The first-order valence-corrected chi connectivity index (χ1v) is 7.08. The Morgan fingerprint density at radius 3 is 2.45 bits per heavy atom. The number of nitrogens with zero attached hydrogens (tertiary/aromatic N) is 1. The number of ether oxygens (including phenoxy) is 3. The highest BCUT2D eigenvalue weighted by atomic mass is 16.5. The third kappa shape index (κ3) is 4.36. The molecule has 0 spiro atoms. The molecule has 0 unspecified atom stereocenters. The quantitative estimate of drug-likeness (QED) is 0.912. The van der Waals surface area contributed by atoms with Crippen LogP contribution in [0.4, 0.5) is 10.5 Å². The zero-order valence-corrected chi connectivity index (χ0v) is 12.7. The van der Waals surface area contributed by atoms with Gasteiger partial charge in [0.25, 0.3) is 5.91 Å². The van der Waals surface area contributed by atoms with E-state index in [9.17, 15) is 9.59 Å².